The lowest BCUT2D eigenvalue weighted by atomic mass is 9.99. The van der Waals surface area contributed by atoms with Crippen molar-refractivity contribution < 1.29 is 14.4 Å². The number of rotatable bonds is 5. The van der Waals surface area contributed by atoms with Crippen molar-refractivity contribution in [2.75, 3.05) is 20.6 Å². The fraction of sp³-hybridized carbons (Fsp3) is 0.500. The molecule has 4 amide bonds. The van der Waals surface area contributed by atoms with Gasteiger partial charge in [-0.15, -0.1) is 0 Å². The number of carbonyl (C=O) groups is 3. The SMILES string of the molecule is CC(=NCCCn1ccnc1)C1C(=O)N(C)C(=O)N(C)C1=O. The number of aryl methyl sites for hydroxylation is 1. The Labute approximate surface area is 128 Å². The number of imide groups is 2. The zero-order valence-electron chi connectivity index (χ0n) is 12.9. The number of nitrogens with zero attached hydrogens (tertiary/aromatic N) is 5. The highest BCUT2D eigenvalue weighted by Crippen LogP contribution is 2.17. The number of carbonyl (C=O) groups excluding carboxylic acids is 3. The molecule has 1 aromatic rings. The number of imidazole rings is 1. The van der Waals surface area contributed by atoms with Gasteiger partial charge in [0.25, 0.3) is 0 Å². The van der Waals surface area contributed by atoms with Gasteiger partial charge in [0, 0.05) is 45.3 Å². The number of barbiturate groups is 1. The van der Waals surface area contributed by atoms with Crippen molar-refractivity contribution in [1.29, 1.82) is 0 Å². The largest absolute Gasteiger partial charge is 0.337 e. The Morgan fingerprint density at radius 1 is 1.23 bits per heavy atom. The van der Waals surface area contributed by atoms with E-state index in [-0.39, 0.29) is 0 Å². The second-order valence-corrected chi connectivity index (χ2v) is 5.19. The molecular weight excluding hydrogens is 286 g/mol. The van der Waals surface area contributed by atoms with Crippen LogP contribution >= 0.6 is 0 Å². The average molecular weight is 305 g/mol. The Morgan fingerprint density at radius 2 is 1.86 bits per heavy atom. The van der Waals surface area contributed by atoms with Gasteiger partial charge in [-0.1, -0.05) is 0 Å². The van der Waals surface area contributed by atoms with Crippen LogP contribution in [-0.4, -0.2) is 63.5 Å². The van der Waals surface area contributed by atoms with Crippen molar-refractivity contribution in [2.24, 2.45) is 10.9 Å². The van der Waals surface area contributed by atoms with Gasteiger partial charge in [0.2, 0.25) is 11.8 Å². The Morgan fingerprint density at radius 3 is 2.41 bits per heavy atom. The van der Waals surface area contributed by atoms with Gasteiger partial charge in [-0.25, -0.2) is 9.78 Å². The van der Waals surface area contributed by atoms with Crippen molar-refractivity contribution in [3.05, 3.63) is 18.7 Å². The summed E-state index contributed by atoms with van der Waals surface area (Å²) in [5, 5.41) is 0. The molecule has 0 saturated carbocycles. The van der Waals surface area contributed by atoms with Gasteiger partial charge in [0.1, 0.15) is 0 Å². The maximum atomic E-state index is 12.1. The molecule has 1 aromatic heterocycles. The predicted octanol–water partition coefficient (Wildman–Crippen LogP) is 0.401. The first-order chi connectivity index (χ1) is 10.4. The van der Waals surface area contributed by atoms with Gasteiger partial charge in [-0.3, -0.25) is 24.4 Å². The van der Waals surface area contributed by atoms with E-state index in [9.17, 15) is 14.4 Å². The van der Waals surface area contributed by atoms with E-state index in [1.807, 2.05) is 10.8 Å². The molecule has 2 heterocycles. The van der Waals surface area contributed by atoms with E-state index in [1.54, 1.807) is 19.4 Å². The van der Waals surface area contributed by atoms with Crippen LogP contribution in [-0.2, 0) is 16.1 Å². The summed E-state index contributed by atoms with van der Waals surface area (Å²) >= 11 is 0. The molecular formula is C14H19N5O3. The number of hydrogen-bond acceptors (Lipinski definition) is 5. The summed E-state index contributed by atoms with van der Waals surface area (Å²) in [5.74, 6) is -2.05. The molecule has 1 aliphatic rings. The summed E-state index contributed by atoms with van der Waals surface area (Å²) in [6.07, 6.45) is 6.06. The molecule has 0 N–H and O–H groups in total. The van der Waals surface area contributed by atoms with Crippen LogP contribution in [0.3, 0.4) is 0 Å². The summed E-state index contributed by atoms with van der Waals surface area (Å²) in [7, 11) is 2.74. The van der Waals surface area contributed by atoms with Crippen LogP contribution in [0.1, 0.15) is 13.3 Å². The Balaban J connectivity index is 1.99. The first kappa shape index (κ1) is 15.9. The Kier molecular flexibility index (Phi) is 4.69. The van der Waals surface area contributed by atoms with Crippen LogP contribution in [0.4, 0.5) is 4.79 Å². The predicted molar refractivity (Wildman–Crippen MR) is 79.2 cm³/mol. The lowest BCUT2D eigenvalue weighted by molar-refractivity contribution is -0.144. The summed E-state index contributed by atoms with van der Waals surface area (Å²) in [6, 6.07) is -0.612. The van der Waals surface area contributed by atoms with Crippen LogP contribution < -0.4 is 0 Å². The first-order valence-electron chi connectivity index (χ1n) is 6.99. The maximum Gasteiger partial charge on any atom is 0.332 e. The van der Waals surface area contributed by atoms with Crippen LogP contribution in [0.15, 0.2) is 23.7 Å². The second kappa shape index (κ2) is 6.50. The zero-order chi connectivity index (χ0) is 16.3. The number of aromatic nitrogens is 2. The topological polar surface area (TPSA) is 87.9 Å². The van der Waals surface area contributed by atoms with Crippen LogP contribution in [0.25, 0.3) is 0 Å². The minimum atomic E-state index is -0.999. The number of aliphatic imine (C=N–C) groups is 1. The Hall–Kier alpha value is -2.51. The quantitative estimate of drug-likeness (QED) is 0.447. The van der Waals surface area contributed by atoms with E-state index < -0.39 is 23.8 Å². The number of urea groups is 1. The van der Waals surface area contributed by atoms with E-state index in [4.69, 9.17) is 0 Å². The van der Waals surface area contributed by atoms with E-state index in [1.165, 1.54) is 14.1 Å². The molecule has 118 valence electrons. The highest BCUT2D eigenvalue weighted by atomic mass is 16.2. The second-order valence-electron chi connectivity index (χ2n) is 5.19. The average Bonchev–Trinajstić information content (AvgIpc) is 3.01. The molecule has 0 aromatic carbocycles. The van der Waals surface area contributed by atoms with Crippen LogP contribution in [0, 0.1) is 5.92 Å². The van der Waals surface area contributed by atoms with Crippen molar-refractivity contribution in [3.8, 4) is 0 Å². The molecule has 0 aliphatic carbocycles. The van der Waals surface area contributed by atoms with Crippen LogP contribution in [0.2, 0.25) is 0 Å². The lowest BCUT2D eigenvalue weighted by Crippen LogP contribution is -2.58. The zero-order valence-corrected chi connectivity index (χ0v) is 12.9. The molecule has 0 bridgehead atoms. The monoisotopic (exact) mass is 305 g/mol. The minimum absolute atomic E-state index is 0.437. The summed E-state index contributed by atoms with van der Waals surface area (Å²) in [4.78, 5) is 46.1. The van der Waals surface area contributed by atoms with Crippen molar-refractivity contribution in [2.45, 2.75) is 19.9 Å². The molecule has 1 fully saturated rings. The molecule has 2 rings (SSSR count). The van der Waals surface area contributed by atoms with Crippen LogP contribution in [0.5, 0.6) is 0 Å². The lowest BCUT2D eigenvalue weighted by Gasteiger charge is -2.32. The molecule has 0 spiro atoms. The third-order valence-corrected chi connectivity index (χ3v) is 3.64. The summed E-state index contributed by atoms with van der Waals surface area (Å²) in [5.41, 5.74) is 0.437. The van der Waals surface area contributed by atoms with Gasteiger partial charge >= 0.3 is 6.03 Å². The van der Waals surface area contributed by atoms with E-state index in [0.29, 0.717) is 12.3 Å². The minimum Gasteiger partial charge on any atom is -0.337 e. The molecule has 8 heteroatoms. The normalized spacial score (nSPS) is 17.6. The van der Waals surface area contributed by atoms with Gasteiger partial charge in [-0.05, 0) is 13.3 Å². The third-order valence-electron chi connectivity index (χ3n) is 3.64. The van der Waals surface area contributed by atoms with Gasteiger partial charge < -0.3 is 4.57 Å². The molecule has 0 unspecified atom stereocenters. The fourth-order valence-electron chi connectivity index (χ4n) is 2.28. The number of hydrogen-bond donors (Lipinski definition) is 0. The highest BCUT2D eigenvalue weighted by molar-refractivity contribution is 6.26. The maximum absolute atomic E-state index is 12.1. The highest BCUT2D eigenvalue weighted by Gasteiger charge is 2.43. The van der Waals surface area contributed by atoms with Crippen molar-refractivity contribution in [1.82, 2.24) is 19.4 Å². The molecule has 8 nitrogen and oxygen atoms in total. The standard InChI is InChI=1S/C14H19N5O3/c1-10(16-5-4-7-19-8-6-15-9-19)11-12(20)17(2)14(22)18(3)13(11)21/h6,8-9,11H,4-5,7H2,1-3H3. The van der Waals surface area contributed by atoms with E-state index in [0.717, 1.165) is 22.8 Å². The fourth-order valence-corrected chi connectivity index (χ4v) is 2.28. The van der Waals surface area contributed by atoms with E-state index >= 15 is 0 Å². The number of amides is 4. The molecule has 1 saturated heterocycles. The van der Waals surface area contributed by atoms with Gasteiger partial charge in [-0.2, -0.15) is 0 Å². The van der Waals surface area contributed by atoms with Crippen molar-refractivity contribution >= 4 is 23.6 Å². The van der Waals surface area contributed by atoms with Gasteiger partial charge in [0.15, 0.2) is 5.92 Å². The molecule has 22 heavy (non-hydrogen) atoms. The third kappa shape index (κ3) is 3.05. The first-order valence-corrected chi connectivity index (χ1v) is 6.99. The summed E-state index contributed by atoms with van der Waals surface area (Å²) in [6.45, 7) is 2.92. The van der Waals surface area contributed by atoms with Gasteiger partial charge in [0.05, 0.1) is 6.33 Å². The molecule has 0 radical (unpaired) electrons. The Bertz CT molecular complexity index is 584. The smallest absolute Gasteiger partial charge is 0.332 e. The summed E-state index contributed by atoms with van der Waals surface area (Å²) < 4.78 is 1.93. The van der Waals surface area contributed by atoms with E-state index in [2.05, 4.69) is 9.98 Å². The van der Waals surface area contributed by atoms with Crippen molar-refractivity contribution in [3.63, 3.8) is 0 Å². The molecule has 1 aliphatic heterocycles. The molecule has 0 atom stereocenters.